The van der Waals surface area contributed by atoms with E-state index in [-0.39, 0.29) is 10.9 Å². The Kier molecular flexibility index (Phi) is 5.99. The van der Waals surface area contributed by atoms with E-state index in [9.17, 15) is 8.42 Å². The van der Waals surface area contributed by atoms with Gasteiger partial charge in [0.1, 0.15) is 0 Å². The summed E-state index contributed by atoms with van der Waals surface area (Å²) in [7, 11) is 0.163. The first-order valence-electron chi connectivity index (χ1n) is 6.30. The van der Waals surface area contributed by atoms with Gasteiger partial charge in [0, 0.05) is 38.1 Å². The number of hydrogen-bond donors (Lipinski definition) is 2. The number of ether oxygens (including phenoxy) is 1. The number of rotatable bonds is 8. The van der Waals surface area contributed by atoms with Gasteiger partial charge in [-0.3, -0.25) is 0 Å². The van der Waals surface area contributed by atoms with Crippen LogP contribution in [0.25, 0.3) is 0 Å². The van der Waals surface area contributed by atoms with Crippen molar-refractivity contribution in [2.24, 2.45) is 7.05 Å². The van der Waals surface area contributed by atoms with Gasteiger partial charge < -0.3 is 14.6 Å². The van der Waals surface area contributed by atoms with Crippen molar-refractivity contribution in [1.82, 2.24) is 14.6 Å². The quantitative estimate of drug-likeness (QED) is 0.729. The third-order valence-corrected chi connectivity index (χ3v) is 4.24. The molecule has 0 amide bonds. The summed E-state index contributed by atoms with van der Waals surface area (Å²) in [5.41, 5.74) is 0.917. The molecule has 1 unspecified atom stereocenters. The van der Waals surface area contributed by atoms with Crippen molar-refractivity contribution >= 4 is 10.0 Å². The van der Waals surface area contributed by atoms with Crippen LogP contribution in [0.3, 0.4) is 0 Å². The van der Waals surface area contributed by atoms with Gasteiger partial charge in [0.15, 0.2) is 0 Å². The van der Waals surface area contributed by atoms with Crippen LogP contribution >= 0.6 is 0 Å². The predicted octanol–water partition coefficient (Wildman–Crippen LogP) is 0.448. The Morgan fingerprint density at radius 3 is 2.74 bits per heavy atom. The lowest BCUT2D eigenvalue weighted by Gasteiger charge is -2.13. The van der Waals surface area contributed by atoms with E-state index in [2.05, 4.69) is 10.0 Å². The van der Waals surface area contributed by atoms with Gasteiger partial charge in [0.05, 0.1) is 11.5 Å². The fourth-order valence-electron chi connectivity index (χ4n) is 1.74. The van der Waals surface area contributed by atoms with Gasteiger partial charge in [-0.05, 0) is 27.0 Å². The van der Waals surface area contributed by atoms with E-state index in [0.29, 0.717) is 19.8 Å². The molecule has 0 aromatic carbocycles. The summed E-state index contributed by atoms with van der Waals surface area (Å²) >= 11 is 0. The van der Waals surface area contributed by atoms with Gasteiger partial charge in [-0.25, -0.2) is 13.1 Å². The predicted molar refractivity (Wildman–Crippen MR) is 74.5 cm³/mol. The van der Waals surface area contributed by atoms with Crippen LogP contribution in [0, 0.1) is 0 Å². The highest BCUT2D eigenvalue weighted by Crippen LogP contribution is 2.13. The van der Waals surface area contributed by atoms with Crippen molar-refractivity contribution in [2.45, 2.75) is 31.3 Å². The number of hydrogen-bond acceptors (Lipinski definition) is 4. The van der Waals surface area contributed by atoms with Crippen molar-refractivity contribution in [3.05, 3.63) is 18.0 Å². The fraction of sp³-hybridized carbons (Fsp3) is 0.667. The highest BCUT2D eigenvalue weighted by Gasteiger charge is 2.19. The van der Waals surface area contributed by atoms with Crippen LogP contribution in [-0.2, 0) is 28.4 Å². The first kappa shape index (κ1) is 16.2. The summed E-state index contributed by atoms with van der Waals surface area (Å²) in [5.74, 6) is 0. The molecule has 19 heavy (non-hydrogen) atoms. The highest BCUT2D eigenvalue weighted by molar-refractivity contribution is 7.89. The largest absolute Gasteiger partial charge is 0.380 e. The number of aryl methyl sites for hydroxylation is 1. The fourth-order valence-corrected chi connectivity index (χ4v) is 3.06. The molecule has 0 saturated carbocycles. The average molecular weight is 289 g/mol. The molecule has 110 valence electrons. The molecule has 0 saturated heterocycles. The van der Waals surface area contributed by atoms with Gasteiger partial charge >= 0.3 is 0 Å². The lowest BCUT2D eigenvalue weighted by Crippen LogP contribution is -2.35. The Hall–Kier alpha value is -0.890. The number of sulfonamides is 1. The Bertz CT molecular complexity index is 496. The van der Waals surface area contributed by atoms with Gasteiger partial charge in [-0.1, -0.05) is 0 Å². The van der Waals surface area contributed by atoms with Crippen molar-refractivity contribution in [3.8, 4) is 0 Å². The summed E-state index contributed by atoms with van der Waals surface area (Å²) in [6.07, 6.45) is 1.61. The van der Waals surface area contributed by atoms with Gasteiger partial charge in [0.25, 0.3) is 0 Å². The summed E-state index contributed by atoms with van der Waals surface area (Å²) in [6, 6.07) is 1.42. The average Bonchev–Trinajstić information content (AvgIpc) is 2.69. The Balaban J connectivity index is 2.79. The highest BCUT2D eigenvalue weighted by atomic mass is 32.2. The monoisotopic (exact) mass is 289 g/mol. The molecular weight excluding hydrogens is 266 g/mol. The molecule has 0 bridgehead atoms. The molecule has 1 heterocycles. The van der Waals surface area contributed by atoms with E-state index in [0.717, 1.165) is 5.69 Å². The second kappa shape index (κ2) is 7.04. The van der Waals surface area contributed by atoms with Crippen molar-refractivity contribution in [3.63, 3.8) is 0 Å². The molecule has 7 heteroatoms. The topological polar surface area (TPSA) is 72.4 Å². The van der Waals surface area contributed by atoms with Gasteiger partial charge in [-0.15, -0.1) is 0 Å². The normalized spacial score (nSPS) is 13.7. The minimum atomic E-state index is -3.49. The standard InChI is InChI=1S/C12H23N3O3S/c1-5-18-9-10(2)14-19(16,17)12-6-11(7-13-3)15(4)8-12/h6,8,10,13-14H,5,7,9H2,1-4H3. The van der Waals surface area contributed by atoms with E-state index < -0.39 is 10.0 Å². The second-order valence-electron chi connectivity index (χ2n) is 4.49. The maximum Gasteiger partial charge on any atom is 0.242 e. The maximum absolute atomic E-state index is 12.2. The van der Waals surface area contributed by atoms with Crippen molar-refractivity contribution < 1.29 is 13.2 Å². The summed E-state index contributed by atoms with van der Waals surface area (Å²) in [5, 5.41) is 3.00. The second-order valence-corrected chi connectivity index (χ2v) is 6.20. The zero-order valence-electron chi connectivity index (χ0n) is 11.9. The van der Waals surface area contributed by atoms with Gasteiger partial charge in [0.2, 0.25) is 10.0 Å². The summed E-state index contributed by atoms with van der Waals surface area (Å²) < 4.78 is 34.0. The maximum atomic E-state index is 12.2. The number of nitrogens with zero attached hydrogens (tertiary/aromatic N) is 1. The summed E-state index contributed by atoms with van der Waals surface area (Å²) in [4.78, 5) is 0.281. The molecule has 0 radical (unpaired) electrons. The molecule has 0 spiro atoms. The molecule has 1 rings (SSSR count). The molecule has 2 N–H and O–H groups in total. The Labute approximate surface area is 115 Å². The molecule has 0 aliphatic carbocycles. The number of nitrogens with one attached hydrogen (secondary N) is 2. The molecular formula is C12H23N3O3S. The molecule has 0 aliphatic heterocycles. The smallest absolute Gasteiger partial charge is 0.242 e. The lowest BCUT2D eigenvalue weighted by molar-refractivity contribution is 0.133. The SMILES string of the molecule is CCOCC(C)NS(=O)(=O)c1cc(CNC)n(C)c1. The van der Waals surface area contributed by atoms with E-state index in [4.69, 9.17) is 4.74 Å². The van der Waals surface area contributed by atoms with E-state index in [1.54, 1.807) is 23.8 Å². The van der Waals surface area contributed by atoms with Crippen LogP contribution in [0.1, 0.15) is 19.5 Å². The molecule has 6 nitrogen and oxygen atoms in total. The minimum Gasteiger partial charge on any atom is -0.380 e. The Morgan fingerprint density at radius 1 is 1.47 bits per heavy atom. The summed E-state index contributed by atoms with van der Waals surface area (Å²) in [6.45, 7) is 5.23. The molecule has 0 fully saturated rings. The van der Waals surface area contributed by atoms with Crippen LogP contribution in [0.2, 0.25) is 0 Å². The van der Waals surface area contributed by atoms with Crippen LogP contribution in [0.5, 0.6) is 0 Å². The molecule has 1 aromatic heterocycles. The van der Waals surface area contributed by atoms with Crippen molar-refractivity contribution in [2.75, 3.05) is 20.3 Å². The third kappa shape index (κ3) is 4.61. The molecule has 0 aliphatic rings. The van der Waals surface area contributed by atoms with Crippen LogP contribution in [0.4, 0.5) is 0 Å². The van der Waals surface area contributed by atoms with Crippen LogP contribution in [-0.4, -0.2) is 39.3 Å². The first-order chi connectivity index (χ1) is 8.90. The molecule has 1 aromatic rings. The number of aromatic nitrogens is 1. The minimum absolute atomic E-state index is 0.252. The van der Waals surface area contributed by atoms with E-state index in [1.165, 1.54) is 0 Å². The van der Waals surface area contributed by atoms with Crippen LogP contribution in [0.15, 0.2) is 17.2 Å². The third-order valence-electron chi connectivity index (χ3n) is 2.68. The first-order valence-corrected chi connectivity index (χ1v) is 7.79. The van der Waals surface area contributed by atoms with Crippen LogP contribution < -0.4 is 10.0 Å². The van der Waals surface area contributed by atoms with Crippen molar-refractivity contribution in [1.29, 1.82) is 0 Å². The zero-order chi connectivity index (χ0) is 14.5. The lowest BCUT2D eigenvalue weighted by atomic mass is 10.4. The van der Waals surface area contributed by atoms with E-state index in [1.807, 2.05) is 21.0 Å². The van der Waals surface area contributed by atoms with E-state index >= 15 is 0 Å². The Morgan fingerprint density at radius 2 is 2.16 bits per heavy atom. The van der Waals surface area contributed by atoms with Gasteiger partial charge in [-0.2, -0.15) is 0 Å². The molecule has 1 atom stereocenters. The zero-order valence-corrected chi connectivity index (χ0v) is 12.8.